The van der Waals surface area contributed by atoms with Crippen molar-refractivity contribution in [2.45, 2.75) is 90.9 Å². The van der Waals surface area contributed by atoms with E-state index in [2.05, 4.69) is 67.5 Å². The lowest BCUT2D eigenvalue weighted by atomic mass is 10.1. The summed E-state index contributed by atoms with van der Waals surface area (Å²) in [5.74, 6) is 0.851. The second-order valence-electron chi connectivity index (χ2n) is 7.03. The molecule has 0 radical (unpaired) electrons. The lowest BCUT2D eigenvalue weighted by molar-refractivity contribution is 0.558. The maximum atomic E-state index is 2.48. The van der Waals surface area contributed by atoms with Gasteiger partial charge in [0.25, 0.3) is 0 Å². The molecule has 0 aliphatic carbocycles. The van der Waals surface area contributed by atoms with Gasteiger partial charge in [0.15, 0.2) is 0 Å². The molecule has 1 atom stereocenters. The molecule has 0 rings (SSSR count). The van der Waals surface area contributed by atoms with Gasteiger partial charge in [0.05, 0.1) is 8.07 Å². The highest BCUT2D eigenvalue weighted by atomic mass is 28.3. The second kappa shape index (κ2) is 8.19. The monoisotopic (exact) mass is 268 g/mol. The Hall–Kier alpha value is -0.0431. The van der Waals surface area contributed by atoms with Gasteiger partial charge < -0.3 is 0 Å². The number of rotatable bonds is 8. The van der Waals surface area contributed by atoms with Gasteiger partial charge in [-0.1, -0.05) is 89.7 Å². The van der Waals surface area contributed by atoms with Crippen molar-refractivity contribution in [2.75, 3.05) is 0 Å². The fourth-order valence-electron chi connectivity index (χ4n) is 3.85. The van der Waals surface area contributed by atoms with Crippen LogP contribution in [-0.4, -0.2) is 8.07 Å². The van der Waals surface area contributed by atoms with Crippen LogP contribution in [-0.2, 0) is 0 Å². The van der Waals surface area contributed by atoms with E-state index in [4.69, 9.17) is 0 Å². The largest absolute Gasteiger partial charge is 0.0917 e. The highest BCUT2D eigenvalue weighted by Crippen LogP contribution is 2.45. The van der Waals surface area contributed by atoms with Crippen LogP contribution in [0.5, 0.6) is 0 Å². The Morgan fingerprint density at radius 2 is 1.28 bits per heavy atom. The third-order valence-electron chi connectivity index (χ3n) is 5.07. The summed E-state index contributed by atoms with van der Waals surface area (Å²) < 4.78 is 0. The maximum Gasteiger partial charge on any atom is 0.0612 e. The van der Waals surface area contributed by atoms with E-state index in [0.29, 0.717) is 0 Å². The molecule has 0 aromatic rings. The Labute approximate surface area is 117 Å². The smallest absolute Gasteiger partial charge is 0.0612 e. The number of allylic oxidation sites excluding steroid dienone is 2. The van der Waals surface area contributed by atoms with Gasteiger partial charge in [-0.15, -0.1) is 0 Å². The Morgan fingerprint density at radius 1 is 0.833 bits per heavy atom. The molecule has 0 saturated carbocycles. The van der Waals surface area contributed by atoms with Crippen LogP contribution < -0.4 is 0 Å². The number of hydrogen-bond donors (Lipinski definition) is 0. The molecule has 1 unspecified atom stereocenters. The van der Waals surface area contributed by atoms with E-state index in [1.807, 2.05) is 0 Å². The van der Waals surface area contributed by atoms with Crippen LogP contribution in [0, 0.1) is 5.92 Å². The van der Waals surface area contributed by atoms with Gasteiger partial charge in [0, 0.05) is 0 Å². The first-order valence-electron chi connectivity index (χ1n) is 7.90. The Bertz CT molecular complexity index is 216. The van der Waals surface area contributed by atoms with Crippen LogP contribution in [0.15, 0.2) is 12.2 Å². The van der Waals surface area contributed by atoms with E-state index < -0.39 is 8.07 Å². The molecule has 0 amide bonds. The van der Waals surface area contributed by atoms with Crippen molar-refractivity contribution in [3.05, 3.63) is 12.2 Å². The maximum absolute atomic E-state index is 2.48. The molecule has 0 aromatic heterocycles. The molecule has 0 fully saturated rings. The van der Waals surface area contributed by atoms with E-state index in [9.17, 15) is 0 Å². The summed E-state index contributed by atoms with van der Waals surface area (Å²) >= 11 is 0. The van der Waals surface area contributed by atoms with E-state index in [1.54, 1.807) is 0 Å². The fraction of sp³-hybridized carbons (Fsp3) is 0.882. The summed E-state index contributed by atoms with van der Waals surface area (Å²) in [5.41, 5.74) is 2.73. The van der Waals surface area contributed by atoms with Crippen LogP contribution in [0.2, 0.25) is 22.7 Å². The summed E-state index contributed by atoms with van der Waals surface area (Å²) in [5, 5.41) is 0. The van der Waals surface area contributed by atoms with Crippen molar-refractivity contribution in [1.29, 1.82) is 0 Å². The van der Waals surface area contributed by atoms with Crippen LogP contribution >= 0.6 is 0 Å². The molecule has 0 saturated heterocycles. The third-order valence-corrected chi connectivity index (χ3v) is 12.7. The van der Waals surface area contributed by atoms with E-state index >= 15 is 0 Å². The minimum atomic E-state index is -1.15. The van der Waals surface area contributed by atoms with Gasteiger partial charge in [-0.05, 0) is 19.3 Å². The molecular weight excluding hydrogens is 232 g/mol. The summed E-state index contributed by atoms with van der Waals surface area (Å²) in [4.78, 5) is 0. The van der Waals surface area contributed by atoms with Gasteiger partial charge >= 0.3 is 0 Å². The molecular formula is C17H36Si. The Balaban J connectivity index is 4.70. The van der Waals surface area contributed by atoms with Crippen molar-refractivity contribution in [2.24, 2.45) is 5.92 Å². The Morgan fingerprint density at radius 3 is 1.61 bits per heavy atom. The SMILES string of the molecule is C/C=C/CC(C)CC[Si](C(C)C)(C(C)C)C(C)C. The topological polar surface area (TPSA) is 0 Å². The minimum Gasteiger partial charge on any atom is -0.0917 e. The van der Waals surface area contributed by atoms with E-state index in [0.717, 1.165) is 22.5 Å². The van der Waals surface area contributed by atoms with Gasteiger partial charge in [-0.25, -0.2) is 0 Å². The predicted octanol–water partition coefficient (Wildman–Crippen LogP) is 6.66. The van der Waals surface area contributed by atoms with Crippen molar-refractivity contribution in [1.82, 2.24) is 0 Å². The van der Waals surface area contributed by atoms with Crippen LogP contribution in [0.25, 0.3) is 0 Å². The van der Waals surface area contributed by atoms with Crippen molar-refractivity contribution in [3.63, 3.8) is 0 Å². The van der Waals surface area contributed by atoms with Crippen molar-refractivity contribution < 1.29 is 0 Å². The van der Waals surface area contributed by atoms with E-state index in [1.165, 1.54) is 18.9 Å². The summed E-state index contributed by atoms with van der Waals surface area (Å²) in [6.45, 7) is 19.4. The zero-order valence-corrected chi connectivity index (χ0v) is 15.1. The lowest BCUT2D eigenvalue weighted by Crippen LogP contribution is -2.44. The molecule has 1 heteroatoms. The van der Waals surface area contributed by atoms with E-state index in [-0.39, 0.29) is 0 Å². The fourth-order valence-corrected chi connectivity index (χ4v) is 10.6. The third kappa shape index (κ3) is 4.57. The minimum absolute atomic E-state index is 0.851. The van der Waals surface area contributed by atoms with Gasteiger partial charge in [0.1, 0.15) is 0 Å². The molecule has 0 heterocycles. The molecule has 108 valence electrons. The first-order chi connectivity index (χ1) is 8.28. The van der Waals surface area contributed by atoms with Gasteiger partial charge in [-0.2, -0.15) is 0 Å². The first-order valence-corrected chi connectivity index (χ1v) is 10.3. The molecule has 0 aromatic carbocycles. The molecule has 0 aliphatic heterocycles. The van der Waals surface area contributed by atoms with Crippen molar-refractivity contribution in [3.8, 4) is 0 Å². The molecule has 0 nitrogen and oxygen atoms in total. The first kappa shape index (κ1) is 18.0. The Kier molecular flexibility index (Phi) is 8.17. The normalized spacial score (nSPS) is 15.3. The van der Waals surface area contributed by atoms with Crippen LogP contribution in [0.3, 0.4) is 0 Å². The molecule has 0 N–H and O–H groups in total. The van der Waals surface area contributed by atoms with Crippen LogP contribution in [0.1, 0.15) is 68.2 Å². The standard InChI is InChI=1S/C17H36Si/c1-9-10-11-17(8)12-13-18(14(2)3,15(4)5)16(6)7/h9-10,14-17H,11-13H2,1-8H3/b10-9+. The molecule has 18 heavy (non-hydrogen) atoms. The zero-order valence-electron chi connectivity index (χ0n) is 14.1. The zero-order chi connectivity index (χ0) is 14.3. The highest BCUT2D eigenvalue weighted by molar-refractivity contribution is 6.83. The van der Waals surface area contributed by atoms with Gasteiger partial charge in [-0.3, -0.25) is 0 Å². The summed E-state index contributed by atoms with van der Waals surface area (Å²) in [6.07, 6.45) is 7.20. The van der Waals surface area contributed by atoms with Crippen molar-refractivity contribution >= 4 is 8.07 Å². The second-order valence-corrected chi connectivity index (χ2v) is 13.2. The molecule has 0 spiro atoms. The average molecular weight is 269 g/mol. The quantitative estimate of drug-likeness (QED) is 0.341. The molecule has 0 bridgehead atoms. The molecule has 0 aliphatic rings. The average Bonchev–Trinajstić information content (AvgIpc) is 2.25. The lowest BCUT2D eigenvalue weighted by Gasteiger charge is -2.44. The summed E-state index contributed by atoms with van der Waals surface area (Å²) in [7, 11) is -1.15. The highest BCUT2D eigenvalue weighted by Gasteiger charge is 2.41. The van der Waals surface area contributed by atoms with Gasteiger partial charge in [0.2, 0.25) is 0 Å². The number of hydrogen-bond acceptors (Lipinski definition) is 0. The predicted molar refractivity (Wildman–Crippen MR) is 89.1 cm³/mol. The van der Waals surface area contributed by atoms with Crippen LogP contribution in [0.4, 0.5) is 0 Å². The summed E-state index contributed by atoms with van der Waals surface area (Å²) in [6, 6.07) is 1.51.